The van der Waals surface area contributed by atoms with E-state index in [0.717, 1.165) is 5.69 Å². The number of rotatable bonds is 4. The molecule has 19 heavy (non-hydrogen) atoms. The average Bonchev–Trinajstić information content (AvgIpc) is 2.41. The maximum absolute atomic E-state index is 11.1. The maximum atomic E-state index is 11.1. The highest BCUT2D eigenvalue weighted by atomic mass is 35.5. The van der Waals surface area contributed by atoms with Crippen molar-refractivity contribution in [2.45, 2.75) is 0 Å². The van der Waals surface area contributed by atoms with Gasteiger partial charge in [0.15, 0.2) is 0 Å². The predicted octanol–water partition coefficient (Wildman–Crippen LogP) is 2.46. The molecule has 2 rings (SSSR count). The van der Waals surface area contributed by atoms with E-state index in [9.17, 15) is 9.90 Å². The van der Waals surface area contributed by atoms with Gasteiger partial charge in [0.1, 0.15) is 5.75 Å². The van der Waals surface area contributed by atoms with Gasteiger partial charge in [-0.3, -0.25) is 0 Å². The third kappa shape index (κ3) is 3.17. The van der Waals surface area contributed by atoms with Gasteiger partial charge in [-0.1, -0.05) is 11.6 Å². The van der Waals surface area contributed by atoms with Crippen molar-refractivity contribution >= 4 is 28.9 Å². The first-order valence-corrected chi connectivity index (χ1v) is 5.90. The second-order valence-corrected chi connectivity index (χ2v) is 4.27. The van der Waals surface area contributed by atoms with Crippen LogP contribution in [0.15, 0.2) is 42.5 Å². The third-order valence-corrected chi connectivity index (χ3v) is 2.82. The molecule has 0 aromatic heterocycles. The molecule has 1 N–H and O–H groups in total. The first kappa shape index (κ1) is 13.2. The van der Waals surface area contributed by atoms with Crippen LogP contribution >= 0.6 is 11.6 Å². The van der Waals surface area contributed by atoms with Crippen LogP contribution in [-0.4, -0.2) is 13.1 Å². The Morgan fingerprint density at radius 2 is 1.89 bits per heavy atom. The first-order chi connectivity index (χ1) is 9.10. The smallest absolute Gasteiger partial charge is 0.119 e. The van der Waals surface area contributed by atoms with Gasteiger partial charge in [0.25, 0.3) is 0 Å². The topological polar surface area (TPSA) is 61.4 Å². The molecule has 0 aliphatic rings. The highest BCUT2D eigenvalue weighted by Gasteiger charge is 2.06. The van der Waals surface area contributed by atoms with Crippen molar-refractivity contribution in [3.05, 3.63) is 53.1 Å². The molecule has 0 radical (unpaired) electrons. The van der Waals surface area contributed by atoms with Crippen LogP contribution in [0.5, 0.6) is 5.75 Å². The number of benzene rings is 2. The van der Waals surface area contributed by atoms with Crippen LogP contribution in [0, 0.1) is 0 Å². The number of nitrogens with one attached hydrogen (secondary N) is 1. The molecular weight excluding hydrogens is 266 g/mol. The largest absolute Gasteiger partial charge is 0.545 e. The molecule has 0 unspecified atom stereocenters. The summed E-state index contributed by atoms with van der Waals surface area (Å²) < 4.78 is 4.99. The predicted molar refractivity (Wildman–Crippen MR) is 72.1 cm³/mol. The standard InChI is InChI=1S/C14H12ClNO3/c1-19-11-6-7-13(12(8-11)14(17)18)16-10-4-2-9(15)3-5-10/h2-8,16H,1H3,(H,17,18)/p-1. The zero-order chi connectivity index (χ0) is 13.8. The van der Waals surface area contributed by atoms with Crippen LogP contribution in [-0.2, 0) is 0 Å². The van der Waals surface area contributed by atoms with Crippen molar-refractivity contribution in [1.82, 2.24) is 0 Å². The van der Waals surface area contributed by atoms with Gasteiger partial charge in [-0.25, -0.2) is 0 Å². The number of anilines is 2. The van der Waals surface area contributed by atoms with Gasteiger partial charge in [-0.2, -0.15) is 0 Å². The van der Waals surface area contributed by atoms with Crippen LogP contribution in [0.4, 0.5) is 11.4 Å². The van der Waals surface area contributed by atoms with Crippen molar-refractivity contribution < 1.29 is 14.6 Å². The number of carbonyl (C=O) groups is 1. The van der Waals surface area contributed by atoms with Crippen LogP contribution in [0.2, 0.25) is 5.02 Å². The van der Waals surface area contributed by atoms with Crippen LogP contribution in [0.1, 0.15) is 10.4 Å². The molecule has 5 heteroatoms. The minimum absolute atomic E-state index is 0.0364. The number of carboxylic acid groups (broad SMARTS) is 1. The summed E-state index contributed by atoms with van der Waals surface area (Å²) in [5, 5.41) is 14.7. The molecule has 0 saturated carbocycles. The van der Waals surface area contributed by atoms with Gasteiger partial charge in [-0.15, -0.1) is 0 Å². The molecule has 0 aliphatic heterocycles. The first-order valence-electron chi connectivity index (χ1n) is 5.52. The van der Waals surface area contributed by atoms with Gasteiger partial charge in [0.2, 0.25) is 0 Å². The number of carbonyl (C=O) groups excluding carboxylic acids is 1. The van der Waals surface area contributed by atoms with Gasteiger partial charge in [0, 0.05) is 22.0 Å². The summed E-state index contributed by atoms with van der Waals surface area (Å²) in [7, 11) is 1.47. The minimum Gasteiger partial charge on any atom is -0.545 e. The molecule has 4 nitrogen and oxygen atoms in total. The van der Waals surface area contributed by atoms with Crippen molar-refractivity contribution in [3.63, 3.8) is 0 Å². The molecule has 2 aromatic rings. The number of carboxylic acids is 1. The van der Waals surface area contributed by atoms with E-state index in [4.69, 9.17) is 16.3 Å². The van der Waals surface area contributed by atoms with E-state index in [0.29, 0.717) is 16.5 Å². The van der Waals surface area contributed by atoms with Crippen molar-refractivity contribution in [2.24, 2.45) is 0 Å². The summed E-state index contributed by atoms with van der Waals surface area (Å²) in [6.45, 7) is 0. The molecule has 98 valence electrons. The zero-order valence-electron chi connectivity index (χ0n) is 10.1. The summed E-state index contributed by atoms with van der Waals surface area (Å²) in [6, 6.07) is 11.6. The summed E-state index contributed by atoms with van der Waals surface area (Å²) >= 11 is 5.79. The lowest BCUT2D eigenvalue weighted by atomic mass is 10.1. The molecule has 0 atom stereocenters. The summed E-state index contributed by atoms with van der Waals surface area (Å²) in [4.78, 5) is 11.1. The summed E-state index contributed by atoms with van der Waals surface area (Å²) in [5.41, 5.74) is 1.20. The average molecular weight is 277 g/mol. The minimum atomic E-state index is -1.27. The maximum Gasteiger partial charge on any atom is 0.119 e. The Morgan fingerprint density at radius 1 is 1.21 bits per heavy atom. The molecule has 0 aliphatic carbocycles. The fourth-order valence-corrected chi connectivity index (χ4v) is 1.74. The zero-order valence-corrected chi connectivity index (χ0v) is 10.9. The SMILES string of the molecule is COc1ccc(Nc2ccc(Cl)cc2)c(C(=O)[O-])c1. The number of halogens is 1. The van der Waals surface area contributed by atoms with Crippen molar-refractivity contribution in [2.75, 3.05) is 12.4 Å². The van der Waals surface area contributed by atoms with Crippen molar-refractivity contribution in [1.29, 1.82) is 0 Å². The van der Waals surface area contributed by atoms with E-state index >= 15 is 0 Å². The molecular formula is C14H11ClNO3-. The van der Waals surface area contributed by atoms with E-state index < -0.39 is 5.97 Å². The van der Waals surface area contributed by atoms with E-state index in [-0.39, 0.29) is 5.56 Å². The van der Waals surface area contributed by atoms with Gasteiger partial charge in [-0.05, 0) is 42.5 Å². The van der Waals surface area contributed by atoms with Gasteiger partial charge >= 0.3 is 0 Å². The van der Waals surface area contributed by atoms with Crippen LogP contribution < -0.4 is 15.2 Å². The lowest BCUT2D eigenvalue weighted by Crippen LogP contribution is -2.23. The lowest BCUT2D eigenvalue weighted by molar-refractivity contribution is -0.254. The Kier molecular flexibility index (Phi) is 3.92. The molecule has 0 heterocycles. The normalized spacial score (nSPS) is 10.0. The number of aromatic carboxylic acids is 1. The Balaban J connectivity index is 2.33. The Bertz CT molecular complexity index is 596. The second-order valence-electron chi connectivity index (χ2n) is 3.83. The molecule has 0 fully saturated rings. The number of hydrogen-bond acceptors (Lipinski definition) is 4. The number of hydrogen-bond donors (Lipinski definition) is 1. The second kappa shape index (κ2) is 5.63. The molecule has 0 bridgehead atoms. The molecule has 2 aromatic carbocycles. The summed E-state index contributed by atoms with van der Waals surface area (Å²) in [5.74, 6) is -0.809. The van der Waals surface area contributed by atoms with Gasteiger partial charge < -0.3 is 20.0 Å². The summed E-state index contributed by atoms with van der Waals surface area (Å²) in [6.07, 6.45) is 0. The quantitative estimate of drug-likeness (QED) is 0.932. The Morgan fingerprint density at radius 3 is 2.47 bits per heavy atom. The van der Waals surface area contributed by atoms with Crippen molar-refractivity contribution in [3.8, 4) is 5.75 Å². The van der Waals surface area contributed by atoms with Crippen LogP contribution in [0.25, 0.3) is 0 Å². The van der Waals surface area contributed by atoms with E-state index in [1.165, 1.54) is 13.2 Å². The van der Waals surface area contributed by atoms with E-state index in [2.05, 4.69) is 5.32 Å². The third-order valence-electron chi connectivity index (χ3n) is 2.57. The lowest BCUT2D eigenvalue weighted by Gasteiger charge is -2.14. The fourth-order valence-electron chi connectivity index (χ4n) is 1.62. The van der Waals surface area contributed by atoms with E-state index in [1.54, 1.807) is 36.4 Å². The molecule has 0 saturated heterocycles. The van der Waals surface area contributed by atoms with Gasteiger partial charge in [0.05, 0.1) is 13.1 Å². The fraction of sp³-hybridized carbons (Fsp3) is 0.0714. The number of methoxy groups -OCH3 is 1. The highest BCUT2D eigenvalue weighted by molar-refractivity contribution is 6.30. The monoisotopic (exact) mass is 276 g/mol. The van der Waals surface area contributed by atoms with Crippen LogP contribution in [0.3, 0.4) is 0 Å². The van der Waals surface area contributed by atoms with E-state index in [1.807, 2.05) is 0 Å². The highest BCUT2D eigenvalue weighted by Crippen LogP contribution is 2.25. The Hall–Kier alpha value is -2.20. The molecule has 0 spiro atoms. The number of ether oxygens (including phenoxy) is 1. The molecule has 0 amide bonds. The Labute approximate surface area is 115 Å².